The third kappa shape index (κ3) is 2.33. The van der Waals surface area contributed by atoms with Crippen LogP contribution in [0.4, 0.5) is 0 Å². The average Bonchev–Trinajstić information content (AvgIpc) is 2.86. The maximum absolute atomic E-state index is 4.73. The van der Waals surface area contributed by atoms with Crippen molar-refractivity contribution in [1.29, 1.82) is 0 Å². The van der Waals surface area contributed by atoms with Crippen LogP contribution in [-0.2, 0) is 6.42 Å². The summed E-state index contributed by atoms with van der Waals surface area (Å²) >= 11 is 9.46. The molecule has 21 heavy (non-hydrogen) atoms. The zero-order valence-electron chi connectivity index (χ0n) is 13.1. The van der Waals surface area contributed by atoms with Gasteiger partial charge >= 0.3 is 0 Å². The predicted molar refractivity (Wildman–Crippen MR) is 96.5 cm³/mol. The Morgan fingerprint density at radius 3 is 2.14 bits per heavy atom. The van der Waals surface area contributed by atoms with E-state index in [1.165, 1.54) is 51.8 Å². The lowest BCUT2D eigenvalue weighted by Crippen LogP contribution is -2.05. The molecule has 0 fully saturated rings. The zero-order valence-corrected chi connectivity index (χ0v) is 14.9. The summed E-state index contributed by atoms with van der Waals surface area (Å²) < 4.78 is 0. The largest absolute Gasteiger partial charge is 0.143 e. The minimum atomic E-state index is 0.498. The number of rotatable bonds is 1. The molecular weight excluding hydrogens is 292 g/mol. The van der Waals surface area contributed by atoms with Gasteiger partial charge in [-0.2, -0.15) is 0 Å². The Bertz CT molecular complexity index is 700. The number of hydrogen-bond acceptors (Lipinski definition) is 2. The van der Waals surface area contributed by atoms with E-state index in [4.69, 9.17) is 25.3 Å². The second-order valence-corrected chi connectivity index (χ2v) is 7.17. The van der Waals surface area contributed by atoms with Crippen molar-refractivity contribution in [3.05, 3.63) is 57.1 Å². The molecule has 0 heterocycles. The zero-order chi connectivity index (χ0) is 15.3. The highest BCUT2D eigenvalue weighted by Gasteiger charge is 2.28. The van der Waals surface area contributed by atoms with E-state index in [1.54, 1.807) is 0 Å². The second-order valence-electron chi connectivity index (χ2n) is 6.28. The summed E-state index contributed by atoms with van der Waals surface area (Å²) in [5.74, 6) is 0.498. The molecule has 0 aromatic heterocycles. The van der Waals surface area contributed by atoms with Crippen LogP contribution >= 0.6 is 25.3 Å². The molecule has 0 saturated heterocycles. The molecule has 0 amide bonds. The number of aryl methyl sites for hydroxylation is 2. The first kappa shape index (κ1) is 15.1. The van der Waals surface area contributed by atoms with Crippen LogP contribution in [0.5, 0.6) is 0 Å². The Morgan fingerprint density at radius 2 is 1.52 bits per heavy atom. The van der Waals surface area contributed by atoms with Gasteiger partial charge in [0.1, 0.15) is 0 Å². The summed E-state index contributed by atoms with van der Waals surface area (Å²) in [5.41, 5.74) is 9.66. The first-order chi connectivity index (χ1) is 9.91. The molecule has 1 aliphatic rings. The van der Waals surface area contributed by atoms with Crippen molar-refractivity contribution in [3.8, 4) is 0 Å². The van der Waals surface area contributed by atoms with E-state index >= 15 is 0 Å². The Labute approximate surface area is 138 Å². The van der Waals surface area contributed by atoms with E-state index in [9.17, 15) is 0 Å². The first-order valence-corrected chi connectivity index (χ1v) is 8.42. The molecule has 0 radical (unpaired) electrons. The maximum Gasteiger partial charge on any atom is 0.0113 e. The molecule has 0 aliphatic heterocycles. The van der Waals surface area contributed by atoms with Crippen molar-refractivity contribution in [1.82, 2.24) is 0 Å². The highest BCUT2D eigenvalue weighted by Crippen LogP contribution is 2.44. The van der Waals surface area contributed by atoms with Crippen molar-refractivity contribution in [3.63, 3.8) is 0 Å². The first-order valence-electron chi connectivity index (χ1n) is 7.52. The van der Waals surface area contributed by atoms with Gasteiger partial charge in [0.05, 0.1) is 0 Å². The lowest BCUT2D eigenvalue weighted by Gasteiger charge is -2.23. The molecule has 0 nitrogen and oxygen atoms in total. The smallest absolute Gasteiger partial charge is 0.0113 e. The minimum Gasteiger partial charge on any atom is -0.143 e. The van der Waals surface area contributed by atoms with Crippen LogP contribution in [0.15, 0.2) is 28.0 Å². The quantitative estimate of drug-likeness (QED) is 0.631. The van der Waals surface area contributed by atoms with Crippen molar-refractivity contribution < 1.29 is 0 Å². The minimum absolute atomic E-state index is 0.498. The molecule has 0 bridgehead atoms. The van der Waals surface area contributed by atoms with Gasteiger partial charge in [-0.15, -0.1) is 25.3 Å². The van der Waals surface area contributed by atoms with Gasteiger partial charge < -0.3 is 0 Å². The maximum atomic E-state index is 4.73. The molecule has 3 rings (SSSR count). The van der Waals surface area contributed by atoms with Gasteiger partial charge in [0.25, 0.3) is 0 Å². The Balaban J connectivity index is 2.21. The van der Waals surface area contributed by atoms with E-state index in [1.807, 2.05) is 0 Å². The molecule has 110 valence electrons. The Morgan fingerprint density at radius 1 is 0.905 bits per heavy atom. The van der Waals surface area contributed by atoms with Crippen LogP contribution in [0, 0.1) is 27.7 Å². The summed E-state index contributed by atoms with van der Waals surface area (Å²) in [6, 6.07) is 6.90. The Hall–Kier alpha value is -0.860. The van der Waals surface area contributed by atoms with Crippen LogP contribution in [-0.4, -0.2) is 0 Å². The van der Waals surface area contributed by atoms with Gasteiger partial charge in [0.15, 0.2) is 0 Å². The fraction of sp³-hybridized carbons (Fsp3) is 0.368. The summed E-state index contributed by atoms with van der Waals surface area (Å²) in [6.45, 7) is 8.70. The average molecular weight is 315 g/mol. The van der Waals surface area contributed by atoms with Crippen LogP contribution in [0.25, 0.3) is 0 Å². The second kappa shape index (κ2) is 5.40. The third-order valence-electron chi connectivity index (χ3n) is 4.95. The highest BCUT2D eigenvalue weighted by molar-refractivity contribution is 7.81. The molecule has 1 unspecified atom stereocenters. The van der Waals surface area contributed by atoms with E-state index in [0.29, 0.717) is 5.92 Å². The van der Waals surface area contributed by atoms with E-state index in [-0.39, 0.29) is 0 Å². The van der Waals surface area contributed by atoms with Crippen molar-refractivity contribution in [2.24, 2.45) is 0 Å². The molecule has 1 aliphatic carbocycles. The van der Waals surface area contributed by atoms with Crippen molar-refractivity contribution in [2.45, 2.75) is 56.2 Å². The van der Waals surface area contributed by atoms with E-state index < -0.39 is 0 Å². The SMILES string of the molecule is Cc1ccc2c(c1)CCC2c1c(C)c(S)c(C)c(S)c1C. The number of fused-ring (bicyclic) bond motifs is 1. The van der Waals surface area contributed by atoms with Crippen LogP contribution in [0.3, 0.4) is 0 Å². The molecule has 1 atom stereocenters. The lowest BCUT2D eigenvalue weighted by molar-refractivity contribution is 0.765. The van der Waals surface area contributed by atoms with E-state index in [0.717, 1.165) is 9.79 Å². The molecule has 2 aromatic rings. The summed E-state index contributed by atoms with van der Waals surface area (Å²) in [7, 11) is 0. The third-order valence-corrected chi connectivity index (χ3v) is 6.30. The Kier molecular flexibility index (Phi) is 3.87. The predicted octanol–water partition coefficient (Wildman–Crippen LogP) is 5.58. The van der Waals surface area contributed by atoms with Gasteiger partial charge in [0, 0.05) is 15.7 Å². The normalized spacial score (nSPS) is 17.1. The molecule has 0 saturated carbocycles. The molecule has 2 aromatic carbocycles. The lowest BCUT2D eigenvalue weighted by atomic mass is 9.85. The van der Waals surface area contributed by atoms with Gasteiger partial charge in [0.2, 0.25) is 0 Å². The van der Waals surface area contributed by atoms with Gasteiger partial charge in [-0.3, -0.25) is 0 Å². The van der Waals surface area contributed by atoms with Gasteiger partial charge in [-0.25, -0.2) is 0 Å². The monoisotopic (exact) mass is 314 g/mol. The van der Waals surface area contributed by atoms with Gasteiger partial charge in [-0.05, 0) is 73.9 Å². The number of thiol groups is 2. The number of benzene rings is 2. The highest BCUT2D eigenvalue weighted by atomic mass is 32.1. The molecule has 2 heteroatoms. The van der Waals surface area contributed by atoms with Crippen molar-refractivity contribution in [2.75, 3.05) is 0 Å². The van der Waals surface area contributed by atoms with Crippen LogP contribution in [0.2, 0.25) is 0 Å². The fourth-order valence-corrected chi connectivity index (χ4v) is 4.33. The summed E-state index contributed by atoms with van der Waals surface area (Å²) in [6.07, 6.45) is 2.38. The summed E-state index contributed by atoms with van der Waals surface area (Å²) in [5, 5.41) is 0. The standard InChI is InChI=1S/C19H22S2/c1-10-5-7-15-14(9-10)6-8-16(15)17-11(2)18(20)13(4)19(21)12(17)3/h5,7,9,16,20-21H,6,8H2,1-4H3. The molecule has 0 N–H and O–H groups in total. The number of hydrogen-bond donors (Lipinski definition) is 2. The van der Waals surface area contributed by atoms with E-state index in [2.05, 4.69) is 45.9 Å². The van der Waals surface area contributed by atoms with Crippen LogP contribution < -0.4 is 0 Å². The van der Waals surface area contributed by atoms with Gasteiger partial charge in [-0.1, -0.05) is 23.8 Å². The van der Waals surface area contributed by atoms with Crippen LogP contribution in [0.1, 0.15) is 51.3 Å². The topological polar surface area (TPSA) is 0 Å². The summed E-state index contributed by atoms with van der Waals surface area (Å²) in [4.78, 5) is 2.20. The molecular formula is C19H22S2. The van der Waals surface area contributed by atoms with Crippen molar-refractivity contribution >= 4 is 25.3 Å². The molecule has 0 spiro atoms. The fourth-order valence-electron chi connectivity index (χ4n) is 3.78.